The van der Waals surface area contributed by atoms with E-state index in [1.165, 1.54) is 19.3 Å². The van der Waals surface area contributed by atoms with Gasteiger partial charge in [0.05, 0.1) is 6.17 Å². The van der Waals surface area contributed by atoms with Gasteiger partial charge in [0, 0.05) is 12.1 Å². The molecule has 0 spiro atoms. The fraction of sp³-hybridized carbons (Fsp3) is 1.00. The molecule has 0 bridgehead atoms. The molecular weight excluding hydrogens is 184 g/mol. The molecule has 0 saturated carbocycles. The zero-order valence-electron chi connectivity index (χ0n) is 11.4. The summed E-state index contributed by atoms with van der Waals surface area (Å²) < 4.78 is 0. The van der Waals surface area contributed by atoms with Crippen molar-refractivity contribution in [2.45, 2.75) is 79.1 Å². The van der Waals surface area contributed by atoms with Gasteiger partial charge in [0.1, 0.15) is 0 Å². The van der Waals surface area contributed by atoms with E-state index >= 15 is 0 Å². The van der Waals surface area contributed by atoms with Crippen LogP contribution in [0.4, 0.5) is 0 Å². The van der Waals surface area contributed by atoms with Crippen molar-refractivity contribution >= 4 is 0 Å². The molecule has 0 aromatic heterocycles. The second-order valence-electron chi connectivity index (χ2n) is 4.82. The van der Waals surface area contributed by atoms with E-state index in [0.29, 0.717) is 24.2 Å². The van der Waals surface area contributed by atoms with Crippen molar-refractivity contribution in [3.05, 3.63) is 0 Å². The Morgan fingerprint density at radius 2 is 1.13 bits per heavy atom. The molecule has 0 saturated heterocycles. The molecule has 0 amide bonds. The summed E-state index contributed by atoms with van der Waals surface area (Å²) in [7, 11) is 0. The van der Waals surface area contributed by atoms with Crippen molar-refractivity contribution in [2.75, 3.05) is 0 Å². The Bertz CT molecular complexity index is 135. The van der Waals surface area contributed by atoms with E-state index in [9.17, 15) is 0 Å². The van der Waals surface area contributed by atoms with Gasteiger partial charge in [0.2, 0.25) is 0 Å². The minimum atomic E-state index is 0.458. The molecule has 2 N–H and O–H groups in total. The Morgan fingerprint density at radius 1 is 0.733 bits per heavy atom. The number of hydrogen-bond donors (Lipinski definition) is 2. The minimum Gasteiger partial charge on any atom is -0.299 e. The predicted molar refractivity (Wildman–Crippen MR) is 69.0 cm³/mol. The van der Waals surface area contributed by atoms with Crippen molar-refractivity contribution in [2.24, 2.45) is 5.92 Å². The van der Waals surface area contributed by atoms with Crippen LogP contribution in [0.2, 0.25) is 0 Å². The van der Waals surface area contributed by atoms with Crippen LogP contribution in [0.25, 0.3) is 0 Å². The molecule has 2 heteroatoms. The van der Waals surface area contributed by atoms with Crippen molar-refractivity contribution < 1.29 is 0 Å². The molecule has 3 atom stereocenters. The van der Waals surface area contributed by atoms with Gasteiger partial charge in [-0.1, -0.05) is 34.1 Å². The second-order valence-corrected chi connectivity index (χ2v) is 4.82. The van der Waals surface area contributed by atoms with Gasteiger partial charge < -0.3 is 0 Å². The Labute approximate surface area is 96.2 Å². The highest BCUT2D eigenvalue weighted by atomic mass is 15.2. The maximum atomic E-state index is 3.67. The Morgan fingerprint density at radius 3 is 1.40 bits per heavy atom. The molecule has 0 aromatic rings. The monoisotopic (exact) mass is 214 g/mol. The molecule has 0 heterocycles. The third kappa shape index (κ3) is 6.16. The van der Waals surface area contributed by atoms with E-state index in [1.807, 2.05) is 0 Å². The first kappa shape index (κ1) is 14.9. The maximum Gasteiger partial charge on any atom is 0.0602 e. The van der Waals surface area contributed by atoms with Crippen LogP contribution in [0.5, 0.6) is 0 Å². The van der Waals surface area contributed by atoms with Crippen molar-refractivity contribution in [1.82, 2.24) is 10.6 Å². The second kappa shape index (κ2) is 8.12. The summed E-state index contributed by atoms with van der Waals surface area (Å²) in [6.45, 7) is 13.5. The summed E-state index contributed by atoms with van der Waals surface area (Å²) >= 11 is 0. The van der Waals surface area contributed by atoms with Crippen LogP contribution in [0.1, 0.15) is 60.8 Å². The molecule has 0 aliphatic rings. The summed E-state index contributed by atoms with van der Waals surface area (Å²) in [5.74, 6) is 0.688. The van der Waals surface area contributed by atoms with Gasteiger partial charge in [-0.15, -0.1) is 0 Å². The van der Waals surface area contributed by atoms with Gasteiger partial charge in [-0.3, -0.25) is 10.6 Å². The van der Waals surface area contributed by atoms with Gasteiger partial charge >= 0.3 is 0 Å². The number of rotatable bonds is 8. The molecule has 2 nitrogen and oxygen atoms in total. The third-order valence-corrected chi connectivity index (χ3v) is 3.37. The lowest BCUT2D eigenvalue weighted by Gasteiger charge is -2.31. The lowest BCUT2D eigenvalue weighted by molar-refractivity contribution is 0.260. The Balaban J connectivity index is 4.17. The van der Waals surface area contributed by atoms with Crippen LogP contribution in [0, 0.1) is 5.92 Å². The maximum absolute atomic E-state index is 3.67. The van der Waals surface area contributed by atoms with E-state index in [-0.39, 0.29) is 0 Å². The fourth-order valence-corrected chi connectivity index (χ4v) is 1.46. The minimum absolute atomic E-state index is 0.458. The lowest BCUT2D eigenvalue weighted by atomic mass is 10.0. The predicted octanol–water partition coefficient (Wildman–Crippen LogP) is 3.13. The average Bonchev–Trinajstić information content (AvgIpc) is 2.26. The number of nitrogens with one attached hydrogen (secondary N) is 2. The normalized spacial score (nSPS) is 19.6. The number of hydrogen-bond acceptors (Lipinski definition) is 2. The highest BCUT2D eigenvalue weighted by Gasteiger charge is 2.18. The van der Waals surface area contributed by atoms with E-state index in [4.69, 9.17) is 0 Å². The van der Waals surface area contributed by atoms with Crippen LogP contribution in [-0.4, -0.2) is 18.2 Å². The Kier molecular flexibility index (Phi) is 8.07. The van der Waals surface area contributed by atoms with Gasteiger partial charge in [-0.05, 0) is 32.6 Å². The summed E-state index contributed by atoms with van der Waals surface area (Å²) in [5.41, 5.74) is 0. The van der Waals surface area contributed by atoms with Crippen LogP contribution in [-0.2, 0) is 0 Å². The lowest BCUT2D eigenvalue weighted by Crippen LogP contribution is -2.52. The standard InChI is InChI=1S/C13H30N2/c1-7-10(4)13(14-11(5)8-2)15-12(6)9-3/h10-15H,7-9H2,1-6H3. The SMILES string of the molecule is CCC(C)NC(NC(C)CC)C(C)CC. The van der Waals surface area contributed by atoms with E-state index in [0.717, 1.165) is 0 Å². The molecule has 0 aromatic carbocycles. The molecule has 92 valence electrons. The van der Waals surface area contributed by atoms with E-state index < -0.39 is 0 Å². The summed E-state index contributed by atoms with van der Waals surface area (Å²) in [6.07, 6.45) is 4.06. The topological polar surface area (TPSA) is 24.1 Å². The van der Waals surface area contributed by atoms with Gasteiger partial charge in [-0.2, -0.15) is 0 Å². The fourth-order valence-electron chi connectivity index (χ4n) is 1.46. The molecule has 0 aliphatic carbocycles. The van der Waals surface area contributed by atoms with Crippen molar-refractivity contribution in [3.8, 4) is 0 Å². The quantitative estimate of drug-likeness (QED) is 0.607. The summed E-state index contributed by atoms with van der Waals surface area (Å²) in [5, 5.41) is 7.34. The summed E-state index contributed by atoms with van der Waals surface area (Å²) in [6, 6.07) is 1.20. The first-order chi connectivity index (χ1) is 7.04. The van der Waals surface area contributed by atoms with Gasteiger partial charge in [0.25, 0.3) is 0 Å². The van der Waals surface area contributed by atoms with Gasteiger partial charge in [0.15, 0.2) is 0 Å². The van der Waals surface area contributed by atoms with Crippen molar-refractivity contribution in [3.63, 3.8) is 0 Å². The molecule has 0 rings (SSSR count). The highest BCUT2D eigenvalue weighted by molar-refractivity contribution is 4.76. The molecular formula is C13H30N2. The van der Waals surface area contributed by atoms with Crippen LogP contribution in [0.3, 0.4) is 0 Å². The zero-order chi connectivity index (χ0) is 11.8. The largest absolute Gasteiger partial charge is 0.299 e. The first-order valence-corrected chi connectivity index (χ1v) is 6.57. The molecule has 15 heavy (non-hydrogen) atoms. The van der Waals surface area contributed by atoms with Gasteiger partial charge in [-0.25, -0.2) is 0 Å². The molecule has 0 aliphatic heterocycles. The third-order valence-electron chi connectivity index (χ3n) is 3.37. The molecule has 0 radical (unpaired) electrons. The first-order valence-electron chi connectivity index (χ1n) is 6.57. The average molecular weight is 214 g/mol. The van der Waals surface area contributed by atoms with E-state index in [2.05, 4.69) is 52.2 Å². The van der Waals surface area contributed by atoms with E-state index in [1.54, 1.807) is 0 Å². The smallest absolute Gasteiger partial charge is 0.0602 e. The zero-order valence-corrected chi connectivity index (χ0v) is 11.4. The van der Waals surface area contributed by atoms with Crippen LogP contribution in [0.15, 0.2) is 0 Å². The Hall–Kier alpha value is -0.0800. The van der Waals surface area contributed by atoms with Crippen LogP contribution >= 0.6 is 0 Å². The molecule has 3 unspecified atom stereocenters. The molecule has 0 fully saturated rings. The van der Waals surface area contributed by atoms with Crippen LogP contribution < -0.4 is 10.6 Å². The van der Waals surface area contributed by atoms with Crippen molar-refractivity contribution in [1.29, 1.82) is 0 Å². The summed E-state index contributed by atoms with van der Waals surface area (Å²) in [4.78, 5) is 0. The highest BCUT2D eigenvalue weighted by Crippen LogP contribution is 2.08.